The Morgan fingerprint density at radius 2 is 2.00 bits per heavy atom. The molecule has 0 amide bonds. The van der Waals surface area contributed by atoms with E-state index in [0.717, 1.165) is 37.8 Å². The van der Waals surface area contributed by atoms with E-state index in [2.05, 4.69) is 37.9 Å². The first kappa shape index (κ1) is 16.6. The van der Waals surface area contributed by atoms with Crippen LogP contribution in [0.15, 0.2) is 31.0 Å². The summed E-state index contributed by atoms with van der Waals surface area (Å²) < 4.78 is 0. The molecule has 112 valence electrons. The van der Waals surface area contributed by atoms with Crippen LogP contribution in [0.2, 0.25) is 0 Å². The van der Waals surface area contributed by atoms with Crippen LogP contribution in [0.5, 0.6) is 5.75 Å². The second-order valence-electron chi connectivity index (χ2n) is 5.52. The van der Waals surface area contributed by atoms with Gasteiger partial charge in [0.1, 0.15) is 5.75 Å². The Bertz CT molecular complexity index is 400. The number of benzene rings is 1. The van der Waals surface area contributed by atoms with E-state index in [1.165, 1.54) is 18.4 Å². The quantitative estimate of drug-likeness (QED) is 0.662. The number of hydrogen-bond donors (Lipinski definition) is 2. The maximum absolute atomic E-state index is 10.1. The Kier molecular flexibility index (Phi) is 7.86. The summed E-state index contributed by atoms with van der Waals surface area (Å²) in [4.78, 5) is 0. The van der Waals surface area contributed by atoms with Crippen LogP contribution in [0.4, 0.5) is 0 Å². The minimum atomic E-state index is 0.461. The standard InChI is InChI=1S/C18H29NO/c1-4-7-15-9-11-17(18(20)13-15)12-10-16(8-5-2)14-19-6-3/h6,9,11,13,16,19-20H,3-5,7-8,10,12,14H2,1-2H3. The molecule has 2 N–H and O–H groups in total. The Labute approximate surface area is 123 Å². The molecule has 0 saturated carbocycles. The summed E-state index contributed by atoms with van der Waals surface area (Å²) in [5.41, 5.74) is 2.30. The van der Waals surface area contributed by atoms with Crippen LogP contribution in [0, 0.1) is 5.92 Å². The molecule has 0 heterocycles. The van der Waals surface area contributed by atoms with Gasteiger partial charge in [0.15, 0.2) is 0 Å². The zero-order valence-electron chi connectivity index (χ0n) is 13.0. The number of phenolic OH excluding ortho intramolecular Hbond substituents is 1. The molecule has 0 bridgehead atoms. The molecule has 1 atom stereocenters. The van der Waals surface area contributed by atoms with Crippen molar-refractivity contribution in [2.24, 2.45) is 5.92 Å². The highest BCUT2D eigenvalue weighted by molar-refractivity contribution is 5.36. The van der Waals surface area contributed by atoms with Gasteiger partial charge in [-0.25, -0.2) is 0 Å². The van der Waals surface area contributed by atoms with Crippen molar-refractivity contribution >= 4 is 0 Å². The topological polar surface area (TPSA) is 32.3 Å². The summed E-state index contributed by atoms with van der Waals surface area (Å²) in [5.74, 6) is 1.11. The lowest BCUT2D eigenvalue weighted by Crippen LogP contribution is -2.18. The van der Waals surface area contributed by atoms with Crippen molar-refractivity contribution in [2.45, 2.75) is 52.4 Å². The predicted molar refractivity (Wildman–Crippen MR) is 87.0 cm³/mol. The predicted octanol–water partition coefficient (Wildman–Crippen LogP) is 4.43. The van der Waals surface area contributed by atoms with E-state index >= 15 is 0 Å². The van der Waals surface area contributed by atoms with Crippen LogP contribution >= 0.6 is 0 Å². The van der Waals surface area contributed by atoms with Gasteiger partial charge in [0.2, 0.25) is 0 Å². The van der Waals surface area contributed by atoms with Crippen molar-refractivity contribution in [3.63, 3.8) is 0 Å². The van der Waals surface area contributed by atoms with Crippen LogP contribution in [0.3, 0.4) is 0 Å². The summed E-state index contributed by atoms with van der Waals surface area (Å²) in [6.07, 6.45) is 8.39. The number of aromatic hydroxyl groups is 1. The molecule has 2 heteroatoms. The van der Waals surface area contributed by atoms with E-state index in [0.29, 0.717) is 11.7 Å². The van der Waals surface area contributed by atoms with Gasteiger partial charge in [-0.2, -0.15) is 0 Å². The minimum absolute atomic E-state index is 0.461. The summed E-state index contributed by atoms with van der Waals surface area (Å²) in [6, 6.07) is 6.16. The van der Waals surface area contributed by atoms with E-state index in [1.807, 2.05) is 6.07 Å². The molecule has 2 nitrogen and oxygen atoms in total. The molecular formula is C18H29NO. The van der Waals surface area contributed by atoms with Crippen LogP contribution in [-0.2, 0) is 12.8 Å². The molecule has 0 aromatic heterocycles. The highest BCUT2D eigenvalue weighted by atomic mass is 16.3. The Morgan fingerprint density at radius 1 is 1.20 bits per heavy atom. The first-order chi connectivity index (χ1) is 9.71. The first-order valence-electron chi connectivity index (χ1n) is 7.86. The van der Waals surface area contributed by atoms with Crippen molar-refractivity contribution in [3.05, 3.63) is 42.1 Å². The SMILES string of the molecule is C=CNCC(CCC)CCc1ccc(CCC)cc1O. The van der Waals surface area contributed by atoms with Gasteiger partial charge in [-0.3, -0.25) is 0 Å². The number of nitrogens with one attached hydrogen (secondary N) is 1. The van der Waals surface area contributed by atoms with Crippen LogP contribution in [0.1, 0.15) is 50.7 Å². The van der Waals surface area contributed by atoms with Gasteiger partial charge in [0.05, 0.1) is 0 Å². The van der Waals surface area contributed by atoms with Crippen molar-refractivity contribution in [1.82, 2.24) is 5.32 Å². The third-order valence-electron chi connectivity index (χ3n) is 3.76. The molecule has 0 radical (unpaired) electrons. The van der Waals surface area contributed by atoms with Gasteiger partial charge < -0.3 is 10.4 Å². The third-order valence-corrected chi connectivity index (χ3v) is 3.76. The van der Waals surface area contributed by atoms with E-state index in [4.69, 9.17) is 0 Å². The molecule has 1 aromatic carbocycles. The molecule has 0 aliphatic rings. The van der Waals surface area contributed by atoms with Crippen LogP contribution in [-0.4, -0.2) is 11.7 Å². The lowest BCUT2D eigenvalue weighted by atomic mass is 9.94. The molecular weight excluding hydrogens is 246 g/mol. The minimum Gasteiger partial charge on any atom is -0.508 e. The summed E-state index contributed by atoms with van der Waals surface area (Å²) >= 11 is 0. The zero-order valence-corrected chi connectivity index (χ0v) is 13.0. The van der Waals surface area contributed by atoms with Crippen LogP contribution in [0.25, 0.3) is 0 Å². The van der Waals surface area contributed by atoms with E-state index in [1.54, 1.807) is 6.20 Å². The lowest BCUT2D eigenvalue weighted by Gasteiger charge is -2.16. The van der Waals surface area contributed by atoms with E-state index < -0.39 is 0 Å². The zero-order chi connectivity index (χ0) is 14.8. The molecule has 20 heavy (non-hydrogen) atoms. The third kappa shape index (κ3) is 5.68. The van der Waals surface area contributed by atoms with Gasteiger partial charge in [-0.05, 0) is 55.0 Å². The maximum Gasteiger partial charge on any atom is 0.119 e. The molecule has 1 unspecified atom stereocenters. The monoisotopic (exact) mass is 275 g/mol. The fourth-order valence-corrected chi connectivity index (χ4v) is 2.63. The maximum atomic E-state index is 10.1. The van der Waals surface area contributed by atoms with Gasteiger partial charge in [0.25, 0.3) is 0 Å². The van der Waals surface area contributed by atoms with Crippen LogP contribution < -0.4 is 5.32 Å². The number of hydrogen-bond acceptors (Lipinski definition) is 2. The summed E-state index contributed by atoms with van der Waals surface area (Å²) in [5, 5.41) is 13.3. The Balaban J connectivity index is 2.55. The van der Waals surface area contributed by atoms with E-state index in [-0.39, 0.29) is 0 Å². The van der Waals surface area contributed by atoms with E-state index in [9.17, 15) is 5.11 Å². The molecule has 0 aliphatic heterocycles. The van der Waals surface area contributed by atoms with Gasteiger partial charge in [0, 0.05) is 6.54 Å². The molecule has 1 rings (SSSR count). The second kappa shape index (κ2) is 9.46. The smallest absolute Gasteiger partial charge is 0.119 e. The average molecular weight is 275 g/mol. The summed E-state index contributed by atoms with van der Waals surface area (Å²) in [7, 11) is 0. The van der Waals surface area contributed by atoms with Gasteiger partial charge in [-0.1, -0.05) is 45.4 Å². The van der Waals surface area contributed by atoms with Crippen molar-refractivity contribution < 1.29 is 5.11 Å². The Hall–Kier alpha value is -1.44. The fraction of sp³-hybridized carbons (Fsp3) is 0.556. The van der Waals surface area contributed by atoms with Crippen molar-refractivity contribution in [2.75, 3.05) is 6.54 Å². The molecule has 0 aliphatic carbocycles. The lowest BCUT2D eigenvalue weighted by molar-refractivity contribution is 0.425. The normalized spacial score (nSPS) is 12.1. The number of aryl methyl sites for hydroxylation is 2. The molecule has 0 spiro atoms. The highest BCUT2D eigenvalue weighted by Gasteiger charge is 2.09. The molecule has 1 aromatic rings. The van der Waals surface area contributed by atoms with Crippen molar-refractivity contribution in [1.29, 1.82) is 0 Å². The van der Waals surface area contributed by atoms with Crippen molar-refractivity contribution in [3.8, 4) is 5.75 Å². The highest BCUT2D eigenvalue weighted by Crippen LogP contribution is 2.23. The Morgan fingerprint density at radius 3 is 2.60 bits per heavy atom. The average Bonchev–Trinajstić information content (AvgIpc) is 2.44. The number of rotatable bonds is 10. The second-order valence-corrected chi connectivity index (χ2v) is 5.52. The van der Waals surface area contributed by atoms with Gasteiger partial charge >= 0.3 is 0 Å². The fourth-order valence-electron chi connectivity index (χ4n) is 2.63. The largest absolute Gasteiger partial charge is 0.508 e. The summed E-state index contributed by atoms with van der Waals surface area (Å²) in [6.45, 7) is 9.06. The number of phenols is 1. The first-order valence-corrected chi connectivity index (χ1v) is 7.86. The molecule has 0 saturated heterocycles. The van der Waals surface area contributed by atoms with Gasteiger partial charge in [-0.15, -0.1) is 0 Å². The molecule has 0 fully saturated rings.